The Bertz CT molecular complexity index is 1320. The fraction of sp³-hybridized carbons (Fsp3) is 0.429. The molecular weight excluding hydrogens is 534 g/mol. The first-order valence-electron chi connectivity index (χ1n) is 13.1. The molecule has 1 aromatic heterocycles. The first kappa shape index (κ1) is 29.7. The molecule has 3 atom stereocenters. The molecule has 0 saturated carbocycles. The van der Waals surface area contributed by atoms with Crippen LogP contribution in [0.3, 0.4) is 0 Å². The van der Waals surface area contributed by atoms with E-state index in [1.54, 1.807) is 31.5 Å². The first-order valence-corrected chi connectivity index (χ1v) is 14.6. The fourth-order valence-corrected chi connectivity index (χ4v) is 5.97. The number of nitrogens with one attached hydrogen (secondary N) is 2. The van der Waals surface area contributed by atoms with Crippen molar-refractivity contribution < 1.29 is 27.5 Å². The van der Waals surface area contributed by atoms with E-state index < -0.39 is 27.7 Å². The number of hydrogen-bond acceptors (Lipinski definition) is 9. The van der Waals surface area contributed by atoms with Crippen LogP contribution in [0.4, 0.5) is 0 Å². The molecule has 1 aliphatic heterocycles. The van der Waals surface area contributed by atoms with E-state index in [2.05, 4.69) is 20.5 Å². The van der Waals surface area contributed by atoms with Crippen molar-refractivity contribution in [2.75, 3.05) is 39.8 Å². The van der Waals surface area contributed by atoms with Crippen LogP contribution in [0.5, 0.6) is 0 Å². The summed E-state index contributed by atoms with van der Waals surface area (Å²) in [5, 5.41) is 17.5. The lowest BCUT2D eigenvalue weighted by Crippen LogP contribution is -2.58. The van der Waals surface area contributed by atoms with Gasteiger partial charge in [0.25, 0.3) is 5.91 Å². The quantitative estimate of drug-likeness (QED) is 0.344. The number of aromatic nitrogens is 1. The van der Waals surface area contributed by atoms with Gasteiger partial charge >= 0.3 is 0 Å². The molecule has 4 rings (SSSR count). The van der Waals surface area contributed by atoms with E-state index in [-0.39, 0.29) is 12.0 Å². The Balaban J connectivity index is 1.25. The van der Waals surface area contributed by atoms with Crippen LogP contribution in [0.25, 0.3) is 6.08 Å². The van der Waals surface area contributed by atoms with Gasteiger partial charge in [-0.2, -0.15) is 4.31 Å². The minimum Gasteiger partial charge on any atom is -0.448 e. The van der Waals surface area contributed by atoms with Crippen LogP contribution in [0.1, 0.15) is 31.1 Å². The molecule has 1 aromatic carbocycles. The zero-order valence-corrected chi connectivity index (χ0v) is 23.8. The number of oxazole rings is 1. The van der Waals surface area contributed by atoms with Gasteiger partial charge in [-0.25, -0.2) is 13.4 Å². The van der Waals surface area contributed by atoms with Gasteiger partial charge in [0.2, 0.25) is 16.3 Å². The summed E-state index contributed by atoms with van der Waals surface area (Å²) >= 11 is 0. The molecule has 1 saturated heterocycles. The second kappa shape index (κ2) is 12.9. The third kappa shape index (κ3) is 7.89. The largest absolute Gasteiger partial charge is 0.448 e. The first-order chi connectivity index (χ1) is 19.1. The second-order valence-corrected chi connectivity index (χ2v) is 12.3. The standard InChI is InChI=1S/C28H37N5O6S/c1-28(2,19-32-12-14-33(15-13-32)40(36,37)16-11-21-7-5-4-6-8-21)31-27(35)26(34)30-22-9-10-23(24(17-22)38-3)25-18-29-20-39-25/h4-11,16-18,20,23-24,26,30,34H,12-15,19H2,1-3H3,(H,31,35)/b16-11+. The molecule has 40 heavy (non-hydrogen) atoms. The number of benzene rings is 1. The maximum Gasteiger partial charge on any atom is 0.270 e. The maximum absolute atomic E-state index is 12.8. The number of nitrogens with zero attached hydrogens (tertiary/aromatic N) is 3. The van der Waals surface area contributed by atoms with E-state index in [1.807, 2.05) is 50.3 Å². The number of allylic oxidation sites excluding steroid dienone is 1. The van der Waals surface area contributed by atoms with Gasteiger partial charge in [0.1, 0.15) is 5.76 Å². The summed E-state index contributed by atoms with van der Waals surface area (Å²) in [4.78, 5) is 18.9. The fourth-order valence-electron chi connectivity index (χ4n) is 4.79. The predicted molar refractivity (Wildman–Crippen MR) is 151 cm³/mol. The van der Waals surface area contributed by atoms with Crippen molar-refractivity contribution in [2.24, 2.45) is 0 Å². The van der Waals surface area contributed by atoms with Crippen molar-refractivity contribution in [3.63, 3.8) is 0 Å². The lowest BCUT2D eigenvalue weighted by molar-refractivity contribution is -0.132. The minimum atomic E-state index is -3.53. The van der Waals surface area contributed by atoms with Gasteiger partial charge in [0.15, 0.2) is 6.39 Å². The topological polar surface area (TPSA) is 137 Å². The highest BCUT2D eigenvalue weighted by Gasteiger charge is 2.31. The number of hydrogen-bond donors (Lipinski definition) is 3. The number of amides is 1. The summed E-state index contributed by atoms with van der Waals surface area (Å²) in [5.41, 5.74) is 0.697. The summed E-state index contributed by atoms with van der Waals surface area (Å²) in [7, 11) is -1.96. The molecule has 3 unspecified atom stereocenters. The highest BCUT2D eigenvalue weighted by atomic mass is 32.2. The number of carbonyl (C=O) groups is 1. The van der Waals surface area contributed by atoms with Crippen LogP contribution in [-0.2, 0) is 19.6 Å². The highest BCUT2D eigenvalue weighted by molar-refractivity contribution is 7.92. The molecule has 1 amide bonds. The van der Waals surface area contributed by atoms with Gasteiger partial charge in [-0.15, -0.1) is 0 Å². The van der Waals surface area contributed by atoms with Gasteiger partial charge in [0, 0.05) is 56.5 Å². The van der Waals surface area contributed by atoms with Crippen LogP contribution in [0.2, 0.25) is 0 Å². The summed E-state index contributed by atoms with van der Waals surface area (Å²) < 4.78 is 37.9. The third-order valence-corrected chi connectivity index (χ3v) is 8.35. The van der Waals surface area contributed by atoms with E-state index >= 15 is 0 Å². The molecule has 2 heterocycles. The highest BCUT2D eigenvalue weighted by Crippen LogP contribution is 2.28. The molecule has 1 aliphatic carbocycles. The lowest BCUT2D eigenvalue weighted by Gasteiger charge is -2.38. The van der Waals surface area contributed by atoms with Gasteiger partial charge in [-0.3, -0.25) is 9.69 Å². The number of ether oxygens (including phenoxy) is 1. The van der Waals surface area contributed by atoms with Crippen LogP contribution in [0, 0.1) is 0 Å². The molecule has 12 heteroatoms. The SMILES string of the molecule is COC1C=C(NC(O)C(=O)NC(C)(C)CN2CCN(S(=O)(=O)/C=C/c3ccccc3)CC2)C=CC1c1cnco1. The predicted octanol–water partition coefficient (Wildman–Crippen LogP) is 1.65. The van der Waals surface area contributed by atoms with E-state index in [4.69, 9.17) is 9.15 Å². The summed E-state index contributed by atoms with van der Waals surface area (Å²) in [6.07, 6.45) is 8.14. The number of methoxy groups -OCH3 is 1. The van der Waals surface area contributed by atoms with Crippen molar-refractivity contribution in [1.82, 2.24) is 24.8 Å². The van der Waals surface area contributed by atoms with E-state index in [9.17, 15) is 18.3 Å². The van der Waals surface area contributed by atoms with Gasteiger partial charge < -0.3 is 24.9 Å². The Morgan fingerprint density at radius 2 is 1.98 bits per heavy atom. The van der Waals surface area contributed by atoms with Crippen LogP contribution in [-0.4, -0.2) is 91.3 Å². The molecule has 0 radical (unpaired) electrons. The number of sulfonamides is 1. The summed E-state index contributed by atoms with van der Waals surface area (Å²) in [6, 6.07) is 9.30. The van der Waals surface area contributed by atoms with Crippen LogP contribution in [0.15, 0.2) is 76.7 Å². The van der Waals surface area contributed by atoms with Crippen LogP contribution < -0.4 is 10.6 Å². The van der Waals surface area contributed by atoms with Gasteiger partial charge in [-0.1, -0.05) is 36.4 Å². The van der Waals surface area contributed by atoms with Crippen molar-refractivity contribution in [1.29, 1.82) is 0 Å². The monoisotopic (exact) mass is 571 g/mol. The number of aliphatic hydroxyl groups excluding tert-OH is 1. The van der Waals surface area contributed by atoms with Crippen molar-refractivity contribution in [3.05, 3.63) is 83.6 Å². The normalized spacial score (nSPS) is 21.8. The van der Waals surface area contributed by atoms with Crippen molar-refractivity contribution in [3.8, 4) is 0 Å². The molecule has 216 valence electrons. The number of carbonyl (C=O) groups excluding carboxylic acids is 1. The Kier molecular flexibility index (Phi) is 9.59. The molecule has 0 spiro atoms. The molecule has 11 nitrogen and oxygen atoms in total. The molecule has 2 aromatic rings. The molecule has 2 aliphatic rings. The Morgan fingerprint density at radius 3 is 2.62 bits per heavy atom. The van der Waals surface area contributed by atoms with E-state index in [0.717, 1.165) is 5.56 Å². The van der Waals surface area contributed by atoms with E-state index in [1.165, 1.54) is 16.1 Å². The average molecular weight is 572 g/mol. The maximum atomic E-state index is 12.8. The molecule has 0 bridgehead atoms. The van der Waals surface area contributed by atoms with Gasteiger partial charge in [0.05, 0.1) is 18.2 Å². The van der Waals surface area contributed by atoms with Crippen LogP contribution >= 0.6 is 0 Å². The minimum absolute atomic E-state index is 0.168. The zero-order chi connectivity index (χ0) is 28.8. The Morgan fingerprint density at radius 1 is 1.25 bits per heavy atom. The smallest absolute Gasteiger partial charge is 0.270 e. The number of piperazine rings is 1. The summed E-state index contributed by atoms with van der Waals surface area (Å²) in [5.74, 6) is -0.0864. The molecule has 3 N–H and O–H groups in total. The number of rotatable bonds is 11. The molecule has 1 fully saturated rings. The summed E-state index contributed by atoms with van der Waals surface area (Å²) in [6.45, 7) is 5.99. The average Bonchev–Trinajstić information content (AvgIpc) is 3.47. The van der Waals surface area contributed by atoms with Gasteiger partial charge in [-0.05, 0) is 37.6 Å². The van der Waals surface area contributed by atoms with E-state index in [0.29, 0.717) is 44.2 Å². The van der Waals surface area contributed by atoms with Crippen molar-refractivity contribution in [2.45, 2.75) is 37.6 Å². The second-order valence-electron chi connectivity index (χ2n) is 10.5. The third-order valence-electron chi connectivity index (χ3n) is 6.79. The molecular formula is C28H37N5O6S. The Labute approximate surface area is 235 Å². The van der Waals surface area contributed by atoms with Crippen molar-refractivity contribution >= 4 is 22.0 Å². The zero-order valence-electron chi connectivity index (χ0n) is 22.9. The Hall–Kier alpha value is -3.29. The number of aliphatic hydroxyl groups is 1. The lowest BCUT2D eigenvalue weighted by atomic mass is 9.94.